The second kappa shape index (κ2) is 8.32. The second-order valence-corrected chi connectivity index (χ2v) is 6.95. The number of carbonyl (C=O) groups is 1. The number of rotatable bonds is 5. The summed E-state index contributed by atoms with van der Waals surface area (Å²) < 4.78 is 7.48. The lowest BCUT2D eigenvalue weighted by atomic mass is 9.86. The van der Waals surface area contributed by atoms with Crippen LogP contribution in [0.25, 0.3) is 6.08 Å². The normalized spacial score (nSPS) is 20.7. The summed E-state index contributed by atoms with van der Waals surface area (Å²) in [6.45, 7) is 3.56. The third-order valence-corrected chi connectivity index (χ3v) is 5.31. The summed E-state index contributed by atoms with van der Waals surface area (Å²) >= 11 is 0. The first-order valence-corrected chi connectivity index (χ1v) is 9.10. The molecule has 0 unspecified atom stereocenters. The van der Waals surface area contributed by atoms with Crippen molar-refractivity contribution in [2.75, 3.05) is 20.2 Å². The van der Waals surface area contributed by atoms with Gasteiger partial charge in [0, 0.05) is 39.5 Å². The lowest BCUT2D eigenvalue weighted by molar-refractivity contribution is -0.131. The highest BCUT2D eigenvalue weighted by Gasteiger charge is 2.31. The Labute approximate surface area is 155 Å². The number of ether oxygens (including phenoxy) is 1. The molecule has 1 saturated heterocycles. The molecule has 1 aliphatic rings. The highest BCUT2D eigenvalue weighted by molar-refractivity contribution is 5.91. The Morgan fingerprint density at radius 1 is 1.35 bits per heavy atom. The van der Waals surface area contributed by atoms with E-state index in [1.165, 1.54) is 11.1 Å². The molecule has 1 fully saturated rings. The molecular weight excluding hydrogens is 326 g/mol. The molecule has 1 amide bonds. The maximum Gasteiger partial charge on any atom is 0.246 e. The van der Waals surface area contributed by atoms with Crippen molar-refractivity contribution in [1.82, 2.24) is 14.7 Å². The molecule has 26 heavy (non-hydrogen) atoms. The van der Waals surface area contributed by atoms with Crippen molar-refractivity contribution in [1.29, 1.82) is 0 Å². The van der Waals surface area contributed by atoms with Crippen molar-refractivity contribution in [3.63, 3.8) is 0 Å². The van der Waals surface area contributed by atoms with Crippen LogP contribution < -0.4 is 0 Å². The molecular formula is C21H27N3O2. The van der Waals surface area contributed by atoms with Crippen molar-refractivity contribution >= 4 is 12.0 Å². The van der Waals surface area contributed by atoms with Crippen molar-refractivity contribution in [2.45, 2.75) is 25.9 Å². The smallest absolute Gasteiger partial charge is 0.246 e. The van der Waals surface area contributed by atoms with Gasteiger partial charge in [0.2, 0.25) is 5.91 Å². The van der Waals surface area contributed by atoms with Crippen LogP contribution in [0, 0.1) is 12.8 Å². The van der Waals surface area contributed by atoms with Gasteiger partial charge in [-0.3, -0.25) is 9.48 Å². The van der Waals surface area contributed by atoms with Crippen LogP contribution in [0.1, 0.15) is 23.2 Å². The molecule has 2 atom stereocenters. The van der Waals surface area contributed by atoms with Crippen LogP contribution >= 0.6 is 0 Å². The maximum atomic E-state index is 12.5. The fraction of sp³-hybridized carbons (Fsp3) is 0.429. The molecule has 138 valence electrons. The zero-order valence-electron chi connectivity index (χ0n) is 15.8. The van der Waals surface area contributed by atoms with Crippen LogP contribution in [0.3, 0.4) is 0 Å². The van der Waals surface area contributed by atoms with Crippen LogP contribution in [-0.4, -0.2) is 46.9 Å². The minimum Gasteiger partial charge on any atom is -0.379 e. The quantitative estimate of drug-likeness (QED) is 0.777. The number of hydrogen-bond donors (Lipinski definition) is 0. The molecule has 0 aliphatic carbocycles. The molecule has 1 aliphatic heterocycles. The molecule has 0 N–H and O–H groups in total. The van der Waals surface area contributed by atoms with Crippen LogP contribution in [-0.2, 0) is 23.0 Å². The average Bonchev–Trinajstić information content (AvgIpc) is 3.06. The predicted octanol–water partition coefficient (Wildman–Crippen LogP) is 2.85. The van der Waals surface area contributed by atoms with Gasteiger partial charge in [-0.05, 0) is 49.0 Å². The highest BCUT2D eigenvalue weighted by Crippen LogP contribution is 2.25. The van der Waals surface area contributed by atoms with Crippen LogP contribution in [0.5, 0.6) is 0 Å². The lowest BCUT2D eigenvalue weighted by Gasteiger charge is -2.37. The van der Waals surface area contributed by atoms with Crippen molar-refractivity contribution in [2.24, 2.45) is 13.0 Å². The molecule has 0 radical (unpaired) electrons. The summed E-state index contributed by atoms with van der Waals surface area (Å²) in [5, 5.41) is 4.11. The topological polar surface area (TPSA) is 47.4 Å². The van der Waals surface area contributed by atoms with Gasteiger partial charge in [0.15, 0.2) is 0 Å². The number of aryl methyl sites for hydroxylation is 2. The van der Waals surface area contributed by atoms with Gasteiger partial charge in [-0.15, -0.1) is 0 Å². The number of benzene rings is 1. The van der Waals surface area contributed by atoms with Crippen LogP contribution in [0.2, 0.25) is 0 Å². The number of likely N-dealkylation sites (tertiary alicyclic amines) is 1. The van der Waals surface area contributed by atoms with Crippen molar-refractivity contribution in [3.8, 4) is 0 Å². The Hall–Kier alpha value is -2.40. The molecule has 1 aromatic heterocycles. The van der Waals surface area contributed by atoms with Gasteiger partial charge in [-0.2, -0.15) is 5.10 Å². The van der Waals surface area contributed by atoms with E-state index in [0.29, 0.717) is 12.5 Å². The van der Waals surface area contributed by atoms with Crippen molar-refractivity contribution in [3.05, 3.63) is 59.4 Å². The Kier molecular flexibility index (Phi) is 5.89. The zero-order chi connectivity index (χ0) is 18.5. The number of aromatic nitrogens is 2. The number of amides is 1. The van der Waals surface area contributed by atoms with E-state index >= 15 is 0 Å². The molecule has 2 aromatic rings. The first-order valence-electron chi connectivity index (χ1n) is 9.10. The number of hydrogen-bond acceptors (Lipinski definition) is 3. The van der Waals surface area contributed by atoms with E-state index in [2.05, 4.69) is 36.3 Å². The highest BCUT2D eigenvalue weighted by atomic mass is 16.5. The number of nitrogens with zero attached hydrogens (tertiary/aromatic N) is 3. The Morgan fingerprint density at radius 2 is 2.15 bits per heavy atom. The minimum absolute atomic E-state index is 0.0302. The molecule has 5 nitrogen and oxygen atoms in total. The summed E-state index contributed by atoms with van der Waals surface area (Å²) in [7, 11) is 3.61. The van der Waals surface area contributed by atoms with Gasteiger partial charge < -0.3 is 9.64 Å². The number of carbonyl (C=O) groups excluding carboxylic acids is 1. The van der Waals surface area contributed by atoms with Crippen molar-refractivity contribution < 1.29 is 9.53 Å². The SMILES string of the molecule is CO[C@H]1CN(C(=O)/C=C/c2ccnn2C)CC[C@@H]1Cc1ccccc1C. The summed E-state index contributed by atoms with van der Waals surface area (Å²) in [5.41, 5.74) is 3.60. The monoisotopic (exact) mass is 353 g/mol. The fourth-order valence-electron chi connectivity index (χ4n) is 3.60. The molecule has 0 spiro atoms. The van der Waals surface area contributed by atoms with Gasteiger partial charge in [-0.25, -0.2) is 0 Å². The Balaban J connectivity index is 1.62. The van der Waals surface area contributed by atoms with E-state index in [1.807, 2.05) is 24.1 Å². The first kappa shape index (κ1) is 18.4. The van der Waals surface area contributed by atoms with Gasteiger partial charge in [-0.1, -0.05) is 24.3 Å². The van der Waals surface area contributed by atoms with Gasteiger partial charge >= 0.3 is 0 Å². The largest absolute Gasteiger partial charge is 0.379 e. The number of methoxy groups -OCH3 is 1. The Bertz CT molecular complexity index is 781. The summed E-state index contributed by atoms with van der Waals surface area (Å²) in [6, 6.07) is 10.4. The molecule has 2 heterocycles. The van der Waals surface area contributed by atoms with E-state index in [-0.39, 0.29) is 12.0 Å². The summed E-state index contributed by atoms with van der Waals surface area (Å²) in [4.78, 5) is 14.4. The molecule has 3 rings (SSSR count). The second-order valence-electron chi connectivity index (χ2n) is 6.95. The van der Waals surface area contributed by atoms with E-state index in [0.717, 1.165) is 25.1 Å². The summed E-state index contributed by atoms with van der Waals surface area (Å²) in [5.74, 6) is 0.466. The molecule has 5 heteroatoms. The molecule has 1 aromatic carbocycles. The first-order chi connectivity index (χ1) is 12.6. The standard InChI is InChI=1S/C21H27N3O2/c1-16-6-4-5-7-17(16)14-18-11-13-24(15-20(18)26-3)21(25)9-8-19-10-12-22-23(19)2/h4-10,12,18,20H,11,13-15H2,1-3H3/b9-8+/t18-,20+/m1/s1. The molecule has 0 saturated carbocycles. The Morgan fingerprint density at radius 3 is 2.85 bits per heavy atom. The average molecular weight is 353 g/mol. The lowest BCUT2D eigenvalue weighted by Crippen LogP contribution is -2.47. The van der Waals surface area contributed by atoms with Gasteiger partial charge in [0.1, 0.15) is 0 Å². The van der Waals surface area contributed by atoms with Crippen LogP contribution in [0.4, 0.5) is 0 Å². The van der Waals surface area contributed by atoms with Gasteiger partial charge in [0.25, 0.3) is 0 Å². The number of piperidine rings is 1. The van der Waals surface area contributed by atoms with Gasteiger partial charge in [0.05, 0.1) is 11.8 Å². The van der Waals surface area contributed by atoms with E-state index < -0.39 is 0 Å². The zero-order valence-corrected chi connectivity index (χ0v) is 15.8. The maximum absolute atomic E-state index is 12.5. The predicted molar refractivity (Wildman–Crippen MR) is 103 cm³/mol. The third-order valence-electron chi connectivity index (χ3n) is 5.31. The summed E-state index contributed by atoms with van der Waals surface area (Å²) in [6.07, 6.45) is 7.19. The van der Waals surface area contributed by atoms with E-state index in [9.17, 15) is 4.79 Å². The fourth-order valence-corrected chi connectivity index (χ4v) is 3.60. The van der Waals surface area contributed by atoms with E-state index in [1.54, 1.807) is 24.1 Å². The third kappa shape index (κ3) is 4.22. The minimum atomic E-state index is 0.0302. The van der Waals surface area contributed by atoms with E-state index in [4.69, 9.17) is 4.74 Å². The van der Waals surface area contributed by atoms with Crippen LogP contribution in [0.15, 0.2) is 42.6 Å². The molecule has 0 bridgehead atoms.